The standard InChI is InChI=1S/C9H7Cl2FN2O2/c10-4-8(15)14-9(16)13-7-2-1-5(11)3-6(7)12/h1-3H,4H2,(H2,13,14,15,16). The number of carbonyl (C=O) groups is 2. The Morgan fingerprint density at radius 1 is 1.38 bits per heavy atom. The minimum Gasteiger partial charge on any atom is -0.305 e. The zero-order valence-corrected chi connectivity index (χ0v) is 9.40. The largest absolute Gasteiger partial charge is 0.325 e. The third-order valence-electron chi connectivity index (χ3n) is 1.55. The number of benzene rings is 1. The van der Waals surface area contributed by atoms with Crippen molar-refractivity contribution in [2.24, 2.45) is 0 Å². The molecule has 0 atom stereocenters. The Morgan fingerprint density at radius 3 is 2.62 bits per heavy atom. The number of rotatable bonds is 2. The number of imide groups is 1. The molecule has 16 heavy (non-hydrogen) atoms. The highest BCUT2D eigenvalue weighted by Gasteiger charge is 2.09. The molecule has 86 valence electrons. The molecule has 0 saturated carbocycles. The molecule has 0 bridgehead atoms. The lowest BCUT2D eigenvalue weighted by Crippen LogP contribution is -2.35. The van der Waals surface area contributed by atoms with E-state index in [2.05, 4.69) is 5.32 Å². The molecule has 0 heterocycles. The molecule has 0 aliphatic heterocycles. The smallest absolute Gasteiger partial charge is 0.305 e. The maximum absolute atomic E-state index is 13.2. The van der Waals surface area contributed by atoms with Crippen molar-refractivity contribution in [1.29, 1.82) is 0 Å². The van der Waals surface area contributed by atoms with Crippen molar-refractivity contribution in [3.63, 3.8) is 0 Å². The van der Waals surface area contributed by atoms with Crippen LogP contribution in [-0.2, 0) is 4.79 Å². The van der Waals surface area contributed by atoms with Gasteiger partial charge in [-0.3, -0.25) is 10.1 Å². The molecule has 1 aromatic rings. The van der Waals surface area contributed by atoms with Gasteiger partial charge in [0.2, 0.25) is 5.91 Å². The van der Waals surface area contributed by atoms with Gasteiger partial charge in [0, 0.05) is 5.02 Å². The summed E-state index contributed by atoms with van der Waals surface area (Å²) < 4.78 is 13.2. The van der Waals surface area contributed by atoms with Crippen LogP contribution >= 0.6 is 23.2 Å². The number of amides is 3. The maximum Gasteiger partial charge on any atom is 0.325 e. The number of carbonyl (C=O) groups excluding carboxylic acids is 2. The molecule has 0 aliphatic rings. The van der Waals surface area contributed by atoms with Crippen LogP contribution in [0, 0.1) is 5.82 Å². The van der Waals surface area contributed by atoms with Crippen molar-refractivity contribution in [2.75, 3.05) is 11.2 Å². The van der Waals surface area contributed by atoms with Gasteiger partial charge in [-0.1, -0.05) is 11.6 Å². The first kappa shape index (κ1) is 12.7. The summed E-state index contributed by atoms with van der Waals surface area (Å²) in [5, 5.41) is 4.25. The second kappa shape index (κ2) is 5.67. The molecule has 0 spiro atoms. The first-order valence-corrected chi connectivity index (χ1v) is 5.06. The lowest BCUT2D eigenvalue weighted by molar-refractivity contribution is -0.117. The summed E-state index contributed by atoms with van der Waals surface area (Å²) in [4.78, 5) is 21.9. The SMILES string of the molecule is O=C(CCl)NC(=O)Nc1ccc(Cl)cc1F. The molecule has 0 fully saturated rings. The van der Waals surface area contributed by atoms with Gasteiger partial charge in [0.1, 0.15) is 11.7 Å². The zero-order valence-electron chi connectivity index (χ0n) is 7.89. The van der Waals surface area contributed by atoms with Gasteiger partial charge < -0.3 is 5.32 Å². The van der Waals surface area contributed by atoms with Gasteiger partial charge in [0.05, 0.1) is 5.69 Å². The van der Waals surface area contributed by atoms with E-state index in [1.54, 1.807) is 0 Å². The van der Waals surface area contributed by atoms with Crippen LogP contribution in [0.4, 0.5) is 14.9 Å². The molecule has 1 rings (SSSR count). The number of alkyl halides is 1. The maximum atomic E-state index is 13.2. The number of urea groups is 1. The quantitative estimate of drug-likeness (QED) is 0.806. The minimum atomic E-state index is -0.855. The predicted molar refractivity (Wildman–Crippen MR) is 59.3 cm³/mol. The van der Waals surface area contributed by atoms with E-state index >= 15 is 0 Å². The fraction of sp³-hybridized carbons (Fsp3) is 0.111. The highest BCUT2D eigenvalue weighted by atomic mass is 35.5. The van der Waals surface area contributed by atoms with Gasteiger partial charge in [0.15, 0.2) is 0 Å². The molecule has 7 heteroatoms. The summed E-state index contributed by atoms with van der Waals surface area (Å²) in [5.41, 5.74) is -0.0794. The highest BCUT2D eigenvalue weighted by molar-refractivity contribution is 6.30. The van der Waals surface area contributed by atoms with Crippen LogP contribution in [0.3, 0.4) is 0 Å². The van der Waals surface area contributed by atoms with Crippen LogP contribution in [-0.4, -0.2) is 17.8 Å². The second-order valence-electron chi connectivity index (χ2n) is 2.76. The Kier molecular flexibility index (Phi) is 4.52. The zero-order chi connectivity index (χ0) is 12.1. The van der Waals surface area contributed by atoms with Crippen molar-refractivity contribution in [3.05, 3.63) is 29.0 Å². The van der Waals surface area contributed by atoms with E-state index in [-0.39, 0.29) is 16.6 Å². The first-order chi connectivity index (χ1) is 7.52. The van der Waals surface area contributed by atoms with E-state index < -0.39 is 17.8 Å². The van der Waals surface area contributed by atoms with Crippen molar-refractivity contribution in [3.8, 4) is 0 Å². The third-order valence-corrected chi connectivity index (χ3v) is 2.03. The summed E-state index contributed by atoms with van der Waals surface area (Å²) >= 11 is 10.7. The second-order valence-corrected chi connectivity index (χ2v) is 3.46. The van der Waals surface area contributed by atoms with E-state index in [4.69, 9.17) is 23.2 Å². The molecule has 0 aromatic heterocycles. The van der Waals surface area contributed by atoms with Gasteiger partial charge in [-0.05, 0) is 18.2 Å². The van der Waals surface area contributed by atoms with Crippen LogP contribution in [0.2, 0.25) is 5.02 Å². The average Bonchev–Trinajstić information content (AvgIpc) is 2.22. The first-order valence-electron chi connectivity index (χ1n) is 4.15. The molecular formula is C9H7Cl2FN2O2. The molecule has 0 radical (unpaired) electrons. The molecule has 0 aliphatic carbocycles. The number of halogens is 3. The van der Waals surface area contributed by atoms with Crippen LogP contribution in [0.15, 0.2) is 18.2 Å². The summed E-state index contributed by atoms with van der Waals surface area (Å²) in [6, 6.07) is 2.87. The Balaban J connectivity index is 2.66. The molecule has 0 unspecified atom stereocenters. The third kappa shape index (κ3) is 3.67. The Morgan fingerprint density at radius 2 is 2.06 bits per heavy atom. The van der Waals surface area contributed by atoms with E-state index in [1.165, 1.54) is 12.1 Å². The fourth-order valence-corrected chi connectivity index (χ4v) is 1.13. The monoisotopic (exact) mass is 264 g/mol. The van der Waals surface area contributed by atoms with Crippen LogP contribution in [0.1, 0.15) is 0 Å². The topological polar surface area (TPSA) is 58.2 Å². The summed E-state index contributed by atoms with van der Waals surface area (Å²) in [5.74, 6) is -1.72. The number of hydrogen-bond donors (Lipinski definition) is 2. The van der Waals surface area contributed by atoms with Crippen molar-refractivity contribution in [1.82, 2.24) is 5.32 Å². The van der Waals surface area contributed by atoms with E-state index in [0.29, 0.717) is 0 Å². The highest BCUT2D eigenvalue weighted by Crippen LogP contribution is 2.18. The Hall–Kier alpha value is -1.33. The van der Waals surface area contributed by atoms with Crippen molar-refractivity contribution >= 4 is 40.8 Å². The van der Waals surface area contributed by atoms with E-state index in [1.807, 2.05) is 5.32 Å². The summed E-state index contributed by atoms with van der Waals surface area (Å²) in [7, 11) is 0. The molecule has 1 aromatic carbocycles. The normalized spacial score (nSPS) is 9.69. The number of nitrogens with one attached hydrogen (secondary N) is 2. The molecule has 3 amide bonds. The van der Waals surface area contributed by atoms with Crippen LogP contribution in [0.25, 0.3) is 0 Å². The molecule has 4 nitrogen and oxygen atoms in total. The fourth-order valence-electron chi connectivity index (χ4n) is 0.904. The lowest BCUT2D eigenvalue weighted by atomic mass is 10.3. The number of hydrogen-bond acceptors (Lipinski definition) is 2. The molecule has 0 saturated heterocycles. The van der Waals surface area contributed by atoms with E-state index in [0.717, 1.165) is 6.07 Å². The van der Waals surface area contributed by atoms with Crippen LogP contribution in [0.5, 0.6) is 0 Å². The van der Waals surface area contributed by atoms with Crippen molar-refractivity contribution < 1.29 is 14.0 Å². The van der Waals surface area contributed by atoms with E-state index in [9.17, 15) is 14.0 Å². The summed E-state index contributed by atoms with van der Waals surface area (Å²) in [6.07, 6.45) is 0. The van der Waals surface area contributed by atoms with Gasteiger partial charge in [-0.15, -0.1) is 11.6 Å². The van der Waals surface area contributed by atoms with Gasteiger partial charge in [-0.25, -0.2) is 9.18 Å². The Bertz CT molecular complexity index is 426. The van der Waals surface area contributed by atoms with Gasteiger partial charge in [0.25, 0.3) is 0 Å². The summed E-state index contributed by atoms with van der Waals surface area (Å²) in [6.45, 7) is 0. The number of anilines is 1. The minimum absolute atomic E-state index is 0.0794. The van der Waals surface area contributed by atoms with Gasteiger partial charge >= 0.3 is 6.03 Å². The predicted octanol–water partition coefficient (Wildman–Crippen LogP) is 2.37. The van der Waals surface area contributed by atoms with Gasteiger partial charge in [-0.2, -0.15) is 0 Å². The average molecular weight is 265 g/mol. The molecule has 2 N–H and O–H groups in total. The van der Waals surface area contributed by atoms with Crippen LogP contribution < -0.4 is 10.6 Å². The lowest BCUT2D eigenvalue weighted by Gasteiger charge is -2.06. The Labute approximate surface area is 101 Å². The molecular weight excluding hydrogens is 258 g/mol. The van der Waals surface area contributed by atoms with Crippen molar-refractivity contribution in [2.45, 2.75) is 0 Å².